The van der Waals surface area contributed by atoms with Gasteiger partial charge in [0.1, 0.15) is 11.5 Å². The molecule has 0 radical (unpaired) electrons. The molecule has 10 aromatic carbocycles. The molecule has 0 N–H and O–H groups in total. The molecule has 2 aromatic heterocycles. The number of thiophene rings is 1. The molecule has 0 saturated carbocycles. The molecule has 1 unspecified atom stereocenters. The van der Waals surface area contributed by atoms with Crippen LogP contribution in [0.2, 0.25) is 0 Å². The summed E-state index contributed by atoms with van der Waals surface area (Å²) < 4.78 is 12.0. The highest BCUT2D eigenvalue weighted by atomic mass is 32.1. The van der Waals surface area contributed by atoms with Crippen molar-refractivity contribution in [3.8, 4) is 28.3 Å². The minimum Gasteiger partial charge on any atom is -0.457 e. The zero-order chi connectivity index (χ0) is 41.2. The Morgan fingerprint density at radius 3 is 1.98 bits per heavy atom. The van der Waals surface area contributed by atoms with Gasteiger partial charge < -0.3 is 14.2 Å². The highest BCUT2D eigenvalue weighted by molar-refractivity contribution is 7.25. The first-order valence-corrected chi connectivity index (χ1v) is 22.4. The molecular formula is C59H36N2OS. The number of ether oxygens (including phenoxy) is 1. The molecule has 0 fully saturated rings. The molecule has 4 heteroatoms. The molecule has 294 valence electrons. The van der Waals surface area contributed by atoms with Crippen molar-refractivity contribution in [3.05, 3.63) is 241 Å². The quantitative estimate of drug-likeness (QED) is 0.176. The smallest absolute Gasteiger partial charge is 0.132 e. The minimum atomic E-state index is -0.645. The first kappa shape index (κ1) is 34.8. The van der Waals surface area contributed by atoms with E-state index in [4.69, 9.17) is 4.74 Å². The lowest BCUT2D eigenvalue weighted by Gasteiger charge is -2.45. The van der Waals surface area contributed by atoms with Gasteiger partial charge >= 0.3 is 0 Å². The van der Waals surface area contributed by atoms with Crippen LogP contribution in [0.3, 0.4) is 0 Å². The maximum atomic E-state index is 6.94. The molecule has 12 aromatic rings. The molecular weight excluding hydrogens is 785 g/mol. The maximum Gasteiger partial charge on any atom is 0.132 e. The van der Waals surface area contributed by atoms with Crippen molar-refractivity contribution in [1.29, 1.82) is 0 Å². The fourth-order valence-corrected chi connectivity index (χ4v) is 12.2. The molecule has 0 bridgehead atoms. The monoisotopic (exact) mass is 820 g/mol. The number of aromatic nitrogens is 1. The first-order chi connectivity index (χ1) is 31.2. The third-order valence-electron chi connectivity index (χ3n) is 13.6. The Morgan fingerprint density at radius 1 is 0.397 bits per heavy atom. The van der Waals surface area contributed by atoms with Gasteiger partial charge in [-0.2, -0.15) is 0 Å². The number of hydrogen-bond donors (Lipinski definition) is 0. The number of anilines is 3. The second kappa shape index (κ2) is 13.0. The number of nitrogens with zero attached hydrogens (tertiary/aromatic N) is 2. The van der Waals surface area contributed by atoms with Crippen LogP contribution >= 0.6 is 11.3 Å². The van der Waals surface area contributed by atoms with Crippen LogP contribution in [0.5, 0.6) is 11.5 Å². The van der Waals surface area contributed by atoms with Crippen LogP contribution in [0.1, 0.15) is 22.3 Å². The van der Waals surface area contributed by atoms with Gasteiger partial charge in [0.05, 0.1) is 16.4 Å². The first-order valence-electron chi connectivity index (χ1n) is 21.6. The fourth-order valence-electron chi connectivity index (χ4n) is 11.1. The lowest BCUT2D eigenvalue weighted by Crippen LogP contribution is -2.36. The van der Waals surface area contributed by atoms with Crippen molar-refractivity contribution in [2.45, 2.75) is 5.41 Å². The van der Waals surface area contributed by atoms with E-state index in [2.05, 4.69) is 228 Å². The molecule has 0 saturated heterocycles. The second-order valence-electron chi connectivity index (χ2n) is 16.8. The summed E-state index contributed by atoms with van der Waals surface area (Å²) in [5.41, 5.74) is 13.4. The van der Waals surface area contributed by atoms with Crippen molar-refractivity contribution < 1.29 is 4.74 Å². The van der Waals surface area contributed by atoms with E-state index in [9.17, 15) is 0 Å². The van der Waals surface area contributed by atoms with Crippen LogP contribution in [0, 0.1) is 0 Å². The summed E-state index contributed by atoms with van der Waals surface area (Å²) in [5.74, 6) is 1.75. The lowest BCUT2D eigenvalue weighted by molar-refractivity contribution is 0.435. The Labute approximate surface area is 367 Å². The topological polar surface area (TPSA) is 17.4 Å². The van der Waals surface area contributed by atoms with Gasteiger partial charge in [-0.15, -0.1) is 11.3 Å². The number of benzene rings is 10. The van der Waals surface area contributed by atoms with E-state index in [-0.39, 0.29) is 0 Å². The van der Waals surface area contributed by atoms with Gasteiger partial charge in [0.15, 0.2) is 0 Å². The number of hydrogen-bond acceptors (Lipinski definition) is 3. The van der Waals surface area contributed by atoms with Crippen LogP contribution in [0.4, 0.5) is 17.1 Å². The van der Waals surface area contributed by atoms with Gasteiger partial charge in [0.2, 0.25) is 0 Å². The molecule has 2 aliphatic rings. The van der Waals surface area contributed by atoms with Gasteiger partial charge in [0.25, 0.3) is 0 Å². The van der Waals surface area contributed by atoms with E-state index in [1.807, 2.05) is 11.3 Å². The maximum absolute atomic E-state index is 6.94. The molecule has 1 aliphatic carbocycles. The van der Waals surface area contributed by atoms with Gasteiger partial charge in [-0.05, 0) is 112 Å². The predicted molar refractivity (Wildman–Crippen MR) is 263 cm³/mol. The van der Waals surface area contributed by atoms with E-state index < -0.39 is 5.41 Å². The van der Waals surface area contributed by atoms with E-state index in [0.29, 0.717) is 0 Å². The second-order valence-corrected chi connectivity index (χ2v) is 17.9. The average molecular weight is 821 g/mol. The van der Waals surface area contributed by atoms with Crippen molar-refractivity contribution in [2.24, 2.45) is 0 Å². The highest BCUT2D eigenvalue weighted by Crippen LogP contribution is 2.61. The third-order valence-corrected chi connectivity index (χ3v) is 14.8. The Balaban J connectivity index is 1.03. The van der Waals surface area contributed by atoms with Crippen LogP contribution in [0.25, 0.3) is 69.6 Å². The summed E-state index contributed by atoms with van der Waals surface area (Å²) in [7, 11) is 0. The van der Waals surface area contributed by atoms with Crippen molar-refractivity contribution in [2.75, 3.05) is 4.90 Å². The molecule has 3 nitrogen and oxygen atoms in total. The number of fused-ring (bicyclic) bond motifs is 14. The van der Waals surface area contributed by atoms with Gasteiger partial charge in [0, 0.05) is 64.8 Å². The Hall–Kier alpha value is -7.92. The molecule has 1 atom stereocenters. The van der Waals surface area contributed by atoms with Crippen molar-refractivity contribution >= 4 is 81.1 Å². The predicted octanol–water partition coefficient (Wildman–Crippen LogP) is 16.2. The Morgan fingerprint density at radius 2 is 1.06 bits per heavy atom. The summed E-state index contributed by atoms with van der Waals surface area (Å²) in [6.45, 7) is 0. The average Bonchev–Trinajstić information content (AvgIpc) is 3.88. The highest BCUT2D eigenvalue weighted by Gasteiger charge is 2.49. The summed E-state index contributed by atoms with van der Waals surface area (Å²) >= 11 is 1.86. The number of rotatable bonds is 4. The number of para-hydroxylation sites is 3. The zero-order valence-electron chi connectivity index (χ0n) is 34.0. The molecule has 63 heavy (non-hydrogen) atoms. The van der Waals surface area contributed by atoms with Crippen LogP contribution < -0.4 is 9.64 Å². The van der Waals surface area contributed by atoms with Gasteiger partial charge in [-0.3, -0.25) is 0 Å². The standard InChI is InChI=1S/C59H36N2OS/c1-2-16-38(17-3-1)60(41-28-31-44-43-19-5-9-25-52(43)61(53(44)36-41)39-30-33-57-47(34-39)45-20-6-11-27-56(45)63-57)40-29-32-55-51(35-40)59(49-23-8-10-26-54(49)62-55)48-22-7-4-18-42(48)46-21-12-14-37-15-13-24-50(59)58(37)46/h1-36H. The van der Waals surface area contributed by atoms with E-state index in [0.717, 1.165) is 50.9 Å². The van der Waals surface area contributed by atoms with Crippen LogP contribution in [-0.2, 0) is 5.41 Å². The van der Waals surface area contributed by atoms with Gasteiger partial charge in [-0.25, -0.2) is 0 Å². The molecule has 14 rings (SSSR count). The van der Waals surface area contributed by atoms with E-state index in [1.165, 1.54) is 69.5 Å². The Bertz CT molecular complexity index is 3860. The molecule has 3 heterocycles. The van der Waals surface area contributed by atoms with Gasteiger partial charge in [-0.1, -0.05) is 140 Å². The third kappa shape index (κ3) is 4.79. The summed E-state index contributed by atoms with van der Waals surface area (Å²) in [6, 6.07) is 80.3. The van der Waals surface area contributed by atoms with E-state index >= 15 is 0 Å². The van der Waals surface area contributed by atoms with E-state index in [1.54, 1.807) is 0 Å². The van der Waals surface area contributed by atoms with Crippen LogP contribution in [0.15, 0.2) is 218 Å². The molecule has 0 amide bonds. The summed E-state index contributed by atoms with van der Waals surface area (Å²) in [4.78, 5) is 2.41. The lowest BCUT2D eigenvalue weighted by atomic mass is 9.58. The SMILES string of the molecule is c1ccc(N(c2ccc3c(c2)C2(c4ccccc4O3)c3ccccc3-c3cccc4cccc2c34)c2ccc3c4ccccc4n(-c4ccc5sc6ccccc6c5c4)c3c2)cc1. The van der Waals surface area contributed by atoms with Crippen LogP contribution in [-0.4, -0.2) is 4.57 Å². The summed E-state index contributed by atoms with van der Waals surface area (Å²) in [5, 5.41) is 7.57. The largest absolute Gasteiger partial charge is 0.457 e. The van der Waals surface area contributed by atoms with Crippen molar-refractivity contribution in [1.82, 2.24) is 4.57 Å². The normalized spacial score (nSPS) is 14.9. The zero-order valence-corrected chi connectivity index (χ0v) is 34.8. The Kier molecular flexibility index (Phi) is 7.20. The molecule has 1 aliphatic heterocycles. The van der Waals surface area contributed by atoms with Crippen molar-refractivity contribution in [3.63, 3.8) is 0 Å². The fraction of sp³-hybridized carbons (Fsp3) is 0.0169. The summed E-state index contributed by atoms with van der Waals surface area (Å²) in [6.07, 6.45) is 0. The molecule has 1 spiro atoms. The minimum absolute atomic E-state index is 0.645.